The Labute approximate surface area is 114 Å². The van der Waals surface area contributed by atoms with E-state index >= 15 is 0 Å². The van der Waals surface area contributed by atoms with Gasteiger partial charge in [0.15, 0.2) is 0 Å². The fourth-order valence-corrected chi connectivity index (χ4v) is 1.93. The summed E-state index contributed by atoms with van der Waals surface area (Å²) in [6, 6.07) is 1.72. The van der Waals surface area contributed by atoms with Gasteiger partial charge in [0.05, 0.1) is 0 Å². The van der Waals surface area contributed by atoms with Gasteiger partial charge in [-0.15, -0.1) is 0 Å². The third kappa shape index (κ3) is 4.54. The number of aromatic nitrogens is 1. The third-order valence-corrected chi connectivity index (χ3v) is 3.12. The van der Waals surface area contributed by atoms with E-state index in [0.717, 1.165) is 30.5 Å². The van der Waals surface area contributed by atoms with Crippen molar-refractivity contribution < 1.29 is 4.79 Å². The molecule has 0 unspecified atom stereocenters. The van der Waals surface area contributed by atoms with Gasteiger partial charge in [-0.2, -0.15) is 0 Å². The SMILES string of the molecule is CCCc1cc(C(=O)NCCC(C)C)c(=O)[nH]c1C. The van der Waals surface area contributed by atoms with Crippen molar-refractivity contribution in [2.24, 2.45) is 5.92 Å². The van der Waals surface area contributed by atoms with Gasteiger partial charge >= 0.3 is 0 Å². The largest absolute Gasteiger partial charge is 0.352 e. The number of hydrogen-bond donors (Lipinski definition) is 2. The minimum Gasteiger partial charge on any atom is -0.352 e. The molecule has 0 fully saturated rings. The summed E-state index contributed by atoms with van der Waals surface area (Å²) < 4.78 is 0. The van der Waals surface area contributed by atoms with Gasteiger partial charge < -0.3 is 10.3 Å². The molecular formula is C15H24N2O2. The first-order valence-electron chi connectivity index (χ1n) is 6.96. The molecule has 0 aliphatic carbocycles. The van der Waals surface area contributed by atoms with Crippen LogP contribution in [0.4, 0.5) is 0 Å². The van der Waals surface area contributed by atoms with Gasteiger partial charge in [0.1, 0.15) is 5.56 Å². The van der Waals surface area contributed by atoms with E-state index in [1.807, 2.05) is 6.92 Å². The van der Waals surface area contributed by atoms with E-state index in [9.17, 15) is 9.59 Å². The molecule has 1 aromatic heterocycles. The van der Waals surface area contributed by atoms with Crippen LogP contribution in [0.3, 0.4) is 0 Å². The number of aryl methyl sites for hydroxylation is 2. The van der Waals surface area contributed by atoms with Crippen molar-refractivity contribution in [3.63, 3.8) is 0 Å². The molecule has 106 valence electrons. The van der Waals surface area contributed by atoms with Gasteiger partial charge in [-0.25, -0.2) is 0 Å². The monoisotopic (exact) mass is 264 g/mol. The molecule has 0 radical (unpaired) electrons. The lowest BCUT2D eigenvalue weighted by Crippen LogP contribution is -2.31. The molecule has 1 aromatic rings. The van der Waals surface area contributed by atoms with Crippen molar-refractivity contribution in [1.82, 2.24) is 10.3 Å². The highest BCUT2D eigenvalue weighted by molar-refractivity contribution is 5.94. The van der Waals surface area contributed by atoms with Crippen LogP contribution in [-0.2, 0) is 6.42 Å². The van der Waals surface area contributed by atoms with Crippen LogP contribution in [0, 0.1) is 12.8 Å². The summed E-state index contributed by atoms with van der Waals surface area (Å²) in [7, 11) is 0. The van der Waals surface area contributed by atoms with E-state index < -0.39 is 0 Å². The molecule has 0 aliphatic heterocycles. The van der Waals surface area contributed by atoms with Crippen molar-refractivity contribution >= 4 is 5.91 Å². The Morgan fingerprint density at radius 3 is 2.68 bits per heavy atom. The Hall–Kier alpha value is -1.58. The van der Waals surface area contributed by atoms with Crippen LogP contribution in [0.1, 0.15) is 55.2 Å². The number of pyridine rings is 1. The van der Waals surface area contributed by atoms with Gasteiger partial charge in [-0.1, -0.05) is 27.2 Å². The van der Waals surface area contributed by atoms with E-state index in [0.29, 0.717) is 12.5 Å². The fraction of sp³-hybridized carbons (Fsp3) is 0.600. The molecule has 0 atom stereocenters. The summed E-state index contributed by atoms with van der Waals surface area (Å²) in [6.07, 6.45) is 2.77. The van der Waals surface area contributed by atoms with E-state index in [4.69, 9.17) is 0 Å². The van der Waals surface area contributed by atoms with Crippen LogP contribution in [0.15, 0.2) is 10.9 Å². The van der Waals surface area contributed by atoms with Crippen LogP contribution >= 0.6 is 0 Å². The molecule has 1 rings (SSSR count). The van der Waals surface area contributed by atoms with Crippen molar-refractivity contribution in [3.05, 3.63) is 33.2 Å². The van der Waals surface area contributed by atoms with Gasteiger partial charge in [-0.05, 0) is 37.3 Å². The van der Waals surface area contributed by atoms with Crippen LogP contribution in [-0.4, -0.2) is 17.4 Å². The van der Waals surface area contributed by atoms with E-state index in [1.165, 1.54) is 0 Å². The zero-order valence-corrected chi connectivity index (χ0v) is 12.3. The van der Waals surface area contributed by atoms with E-state index in [1.54, 1.807) is 6.07 Å². The Morgan fingerprint density at radius 1 is 1.42 bits per heavy atom. The van der Waals surface area contributed by atoms with Crippen molar-refractivity contribution in [2.45, 2.75) is 47.0 Å². The zero-order chi connectivity index (χ0) is 14.4. The standard InChI is InChI=1S/C15H24N2O2/c1-5-6-12-9-13(15(19)17-11(12)4)14(18)16-8-7-10(2)3/h9-10H,5-8H2,1-4H3,(H,16,18)(H,17,19). The van der Waals surface area contributed by atoms with Gasteiger partial charge in [0, 0.05) is 12.2 Å². The zero-order valence-electron chi connectivity index (χ0n) is 12.3. The van der Waals surface area contributed by atoms with Crippen LogP contribution in [0.2, 0.25) is 0 Å². The highest BCUT2D eigenvalue weighted by atomic mass is 16.2. The number of H-pyrrole nitrogens is 1. The second-order valence-corrected chi connectivity index (χ2v) is 5.35. The minimum atomic E-state index is -0.306. The summed E-state index contributed by atoms with van der Waals surface area (Å²) in [5.74, 6) is 0.256. The molecule has 0 bridgehead atoms. The number of hydrogen-bond acceptors (Lipinski definition) is 2. The highest BCUT2D eigenvalue weighted by Gasteiger charge is 2.12. The number of rotatable bonds is 6. The predicted molar refractivity (Wildman–Crippen MR) is 77.6 cm³/mol. The fourth-order valence-electron chi connectivity index (χ4n) is 1.93. The predicted octanol–water partition coefficient (Wildman–Crippen LogP) is 2.41. The Balaban J connectivity index is 2.84. The van der Waals surface area contributed by atoms with Crippen molar-refractivity contribution in [2.75, 3.05) is 6.54 Å². The maximum atomic E-state index is 12.0. The van der Waals surface area contributed by atoms with Crippen LogP contribution in [0.25, 0.3) is 0 Å². The molecule has 4 heteroatoms. The number of carbonyl (C=O) groups excluding carboxylic acids is 1. The first kappa shape index (κ1) is 15.5. The maximum Gasteiger partial charge on any atom is 0.261 e. The summed E-state index contributed by atoms with van der Waals surface area (Å²) in [6.45, 7) is 8.75. The number of nitrogens with one attached hydrogen (secondary N) is 2. The molecule has 0 aliphatic rings. The van der Waals surface area contributed by atoms with Gasteiger partial charge in [0.2, 0.25) is 0 Å². The van der Waals surface area contributed by atoms with E-state index in [-0.39, 0.29) is 17.0 Å². The maximum absolute atomic E-state index is 12.0. The third-order valence-electron chi connectivity index (χ3n) is 3.12. The normalized spacial score (nSPS) is 10.8. The first-order chi connectivity index (χ1) is 8.95. The van der Waals surface area contributed by atoms with Gasteiger partial charge in [-0.3, -0.25) is 9.59 Å². The molecule has 1 amide bonds. The molecule has 0 aromatic carbocycles. The Bertz CT molecular complexity index is 489. The summed E-state index contributed by atoms with van der Waals surface area (Å²) >= 11 is 0. The Kier molecular flexibility index (Phi) is 5.80. The molecule has 0 saturated carbocycles. The number of aromatic amines is 1. The van der Waals surface area contributed by atoms with Crippen LogP contribution in [0.5, 0.6) is 0 Å². The summed E-state index contributed by atoms with van der Waals surface area (Å²) in [4.78, 5) is 26.6. The number of carbonyl (C=O) groups is 1. The molecule has 0 saturated heterocycles. The lowest BCUT2D eigenvalue weighted by atomic mass is 10.1. The van der Waals surface area contributed by atoms with Gasteiger partial charge in [0.25, 0.3) is 11.5 Å². The molecule has 1 heterocycles. The minimum absolute atomic E-state index is 0.220. The number of amides is 1. The summed E-state index contributed by atoms with van der Waals surface area (Å²) in [5.41, 5.74) is 1.80. The van der Waals surface area contributed by atoms with Crippen molar-refractivity contribution in [3.8, 4) is 0 Å². The molecular weight excluding hydrogens is 240 g/mol. The first-order valence-corrected chi connectivity index (χ1v) is 6.96. The molecule has 0 spiro atoms. The average Bonchev–Trinajstić information content (AvgIpc) is 2.32. The molecule has 4 nitrogen and oxygen atoms in total. The molecule has 19 heavy (non-hydrogen) atoms. The smallest absolute Gasteiger partial charge is 0.261 e. The lowest BCUT2D eigenvalue weighted by Gasteiger charge is -2.09. The second kappa shape index (κ2) is 7.12. The highest BCUT2D eigenvalue weighted by Crippen LogP contribution is 2.08. The van der Waals surface area contributed by atoms with Crippen LogP contribution < -0.4 is 10.9 Å². The average molecular weight is 264 g/mol. The van der Waals surface area contributed by atoms with Crippen molar-refractivity contribution in [1.29, 1.82) is 0 Å². The second-order valence-electron chi connectivity index (χ2n) is 5.35. The quantitative estimate of drug-likeness (QED) is 0.829. The summed E-state index contributed by atoms with van der Waals surface area (Å²) in [5, 5.41) is 2.80. The lowest BCUT2D eigenvalue weighted by molar-refractivity contribution is 0.0950. The topological polar surface area (TPSA) is 62.0 Å². The van der Waals surface area contributed by atoms with E-state index in [2.05, 4.69) is 31.1 Å². The Morgan fingerprint density at radius 2 is 2.11 bits per heavy atom. The molecule has 2 N–H and O–H groups in total.